The molecule has 0 bridgehead atoms. The maximum atomic E-state index is 6.75. The molecule has 0 unspecified atom stereocenters. The predicted molar refractivity (Wildman–Crippen MR) is 139 cm³/mol. The molecule has 0 amide bonds. The molecule has 160 valence electrons. The highest BCUT2D eigenvalue weighted by atomic mass is 28.3. The van der Waals surface area contributed by atoms with Gasteiger partial charge in [0.25, 0.3) is 0 Å². The maximum absolute atomic E-state index is 6.75. The lowest BCUT2D eigenvalue weighted by atomic mass is 10.00. The first kappa shape index (κ1) is 20.7. The van der Waals surface area contributed by atoms with Gasteiger partial charge in [0, 0.05) is 22.5 Å². The Morgan fingerprint density at radius 1 is 0.750 bits per heavy atom. The van der Waals surface area contributed by atoms with Crippen LogP contribution in [0.4, 0.5) is 0 Å². The molecular formula is C29H29NOSi. The van der Waals surface area contributed by atoms with Crippen molar-refractivity contribution in [1.82, 2.24) is 4.98 Å². The van der Waals surface area contributed by atoms with Gasteiger partial charge in [-0.1, -0.05) is 82.0 Å². The quantitative estimate of drug-likeness (QED) is 0.267. The van der Waals surface area contributed by atoms with Crippen LogP contribution < -0.4 is 5.19 Å². The van der Waals surface area contributed by atoms with Crippen LogP contribution >= 0.6 is 0 Å². The summed E-state index contributed by atoms with van der Waals surface area (Å²) in [5, 5.41) is 3.74. The standard InChI is InChI=1S/C29H29NOSi/c1-19(2)21-16-17-30-26(18-21)25-13-9-12-23-24-15-14-22(20-10-7-6-8-11-20)29(32(3,4)5)28(24)31-27(23)25/h6-19H,1-5H3. The molecule has 5 aromatic rings. The molecule has 0 saturated heterocycles. The lowest BCUT2D eigenvalue weighted by molar-refractivity contribution is 0.672. The molecule has 0 aliphatic carbocycles. The SMILES string of the molecule is CC(C)c1ccnc(-c2cccc3c2oc2c([Si](C)(C)C)c(-c4ccccc4)ccc23)c1. The van der Waals surface area contributed by atoms with E-state index < -0.39 is 8.07 Å². The predicted octanol–water partition coefficient (Wildman–Crippen LogP) is 7.98. The number of hydrogen-bond donors (Lipinski definition) is 0. The second kappa shape index (κ2) is 7.75. The monoisotopic (exact) mass is 435 g/mol. The van der Waals surface area contributed by atoms with Crippen LogP contribution in [-0.4, -0.2) is 13.1 Å². The number of nitrogens with zero attached hydrogens (tertiary/aromatic N) is 1. The molecule has 32 heavy (non-hydrogen) atoms. The number of fused-ring (bicyclic) bond motifs is 3. The van der Waals surface area contributed by atoms with Crippen molar-refractivity contribution in [3.8, 4) is 22.4 Å². The van der Waals surface area contributed by atoms with Crippen LogP contribution in [0.25, 0.3) is 44.3 Å². The largest absolute Gasteiger partial charge is 0.455 e. The van der Waals surface area contributed by atoms with E-state index >= 15 is 0 Å². The summed E-state index contributed by atoms with van der Waals surface area (Å²) >= 11 is 0. The number of hydrogen-bond acceptors (Lipinski definition) is 2. The molecule has 0 saturated carbocycles. The smallest absolute Gasteiger partial charge is 0.144 e. The first-order chi connectivity index (χ1) is 15.3. The highest BCUT2D eigenvalue weighted by Crippen LogP contribution is 2.37. The van der Waals surface area contributed by atoms with E-state index in [1.165, 1.54) is 27.3 Å². The Bertz CT molecular complexity index is 1420. The summed E-state index contributed by atoms with van der Waals surface area (Å²) in [6.07, 6.45) is 1.91. The van der Waals surface area contributed by atoms with Crippen molar-refractivity contribution in [3.63, 3.8) is 0 Å². The first-order valence-corrected chi connectivity index (χ1v) is 14.8. The highest BCUT2D eigenvalue weighted by Gasteiger charge is 2.27. The lowest BCUT2D eigenvalue weighted by Gasteiger charge is -2.21. The molecule has 2 aromatic heterocycles. The van der Waals surface area contributed by atoms with Crippen molar-refractivity contribution in [3.05, 3.63) is 84.6 Å². The van der Waals surface area contributed by atoms with E-state index in [1.807, 2.05) is 6.20 Å². The van der Waals surface area contributed by atoms with Crippen LogP contribution in [-0.2, 0) is 0 Å². The molecular weight excluding hydrogens is 406 g/mol. The topological polar surface area (TPSA) is 26.0 Å². The second-order valence-electron chi connectivity index (χ2n) is 9.89. The molecule has 5 rings (SSSR count). The number of para-hydroxylation sites is 1. The average molecular weight is 436 g/mol. The molecule has 3 aromatic carbocycles. The summed E-state index contributed by atoms with van der Waals surface area (Å²) in [5.74, 6) is 0.457. The van der Waals surface area contributed by atoms with Gasteiger partial charge in [0.2, 0.25) is 0 Å². The average Bonchev–Trinajstić information content (AvgIpc) is 3.17. The molecule has 3 heteroatoms. The van der Waals surface area contributed by atoms with Gasteiger partial charge in [-0.25, -0.2) is 0 Å². The lowest BCUT2D eigenvalue weighted by Crippen LogP contribution is -2.39. The number of benzene rings is 3. The zero-order chi connectivity index (χ0) is 22.5. The van der Waals surface area contributed by atoms with Crippen molar-refractivity contribution in [2.24, 2.45) is 0 Å². The first-order valence-electron chi connectivity index (χ1n) is 11.3. The summed E-state index contributed by atoms with van der Waals surface area (Å²) in [5.41, 5.74) is 7.82. The summed E-state index contributed by atoms with van der Waals surface area (Å²) in [6.45, 7) is 11.6. The third-order valence-corrected chi connectivity index (χ3v) is 8.22. The molecule has 0 aliphatic rings. The zero-order valence-corrected chi connectivity index (χ0v) is 20.4. The van der Waals surface area contributed by atoms with Gasteiger partial charge in [-0.3, -0.25) is 4.98 Å². The normalized spacial score (nSPS) is 12.2. The zero-order valence-electron chi connectivity index (χ0n) is 19.4. The molecule has 0 N–H and O–H groups in total. The Morgan fingerprint density at radius 2 is 1.50 bits per heavy atom. The molecule has 0 fully saturated rings. The van der Waals surface area contributed by atoms with Gasteiger partial charge in [-0.2, -0.15) is 0 Å². The summed E-state index contributed by atoms with van der Waals surface area (Å²) in [4.78, 5) is 4.70. The van der Waals surface area contributed by atoms with Crippen LogP contribution in [0.1, 0.15) is 25.3 Å². The Kier molecular flexibility index (Phi) is 5.02. The Hall–Kier alpha value is -3.17. The van der Waals surface area contributed by atoms with Gasteiger partial charge in [0.05, 0.1) is 13.8 Å². The van der Waals surface area contributed by atoms with Gasteiger partial charge in [0.1, 0.15) is 11.2 Å². The third kappa shape index (κ3) is 3.47. The van der Waals surface area contributed by atoms with E-state index in [0.717, 1.165) is 27.8 Å². The number of aromatic nitrogens is 1. The third-order valence-electron chi connectivity index (χ3n) is 6.23. The van der Waals surface area contributed by atoms with E-state index in [0.29, 0.717) is 5.92 Å². The molecule has 0 radical (unpaired) electrons. The van der Waals surface area contributed by atoms with Crippen LogP contribution in [0.15, 0.2) is 83.4 Å². The van der Waals surface area contributed by atoms with Crippen LogP contribution in [0.5, 0.6) is 0 Å². The van der Waals surface area contributed by atoms with E-state index in [1.54, 1.807) is 0 Å². The number of pyridine rings is 1. The fourth-order valence-corrected chi connectivity index (χ4v) is 6.52. The van der Waals surface area contributed by atoms with Crippen molar-refractivity contribution in [1.29, 1.82) is 0 Å². The van der Waals surface area contributed by atoms with E-state index in [4.69, 9.17) is 9.40 Å². The van der Waals surface area contributed by atoms with Gasteiger partial charge in [0.15, 0.2) is 0 Å². The van der Waals surface area contributed by atoms with Crippen molar-refractivity contribution >= 4 is 35.2 Å². The second-order valence-corrected chi connectivity index (χ2v) is 14.9. The van der Waals surface area contributed by atoms with Gasteiger partial charge in [-0.15, -0.1) is 0 Å². The number of rotatable bonds is 4. The van der Waals surface area contributed by atoms with E-state index in [2.05, 4.69) is 106 Å². The maximum Gasteiger partial charge on any atom is 0.144 e. The Labute approximate surface area is 190 Å². The minimum Gasteiger partial charge on any atom is -0.455 e. The highest BCUT2D eigenvalue weighted by molar-refractivity contribution is 6.91. The van der Waals surface area contributed by atoms with Gasteiger partial charge in [-0.05, 0) is 52.1 Å². The Balaban J connectivity index is 1.83. The van der Waals surface area contributed by atoms with Crippen LogP contribution in [0.2, 0.25) is 19.6 Å². The molecule has 0 atom stereocenters. The summed E-state index contributed by atoms with van der Waals surface area (Å²) < 4.78 is 6.75. The minimum atomic E-state index is -1.72. The van der Waals surface area contributed by atoms with Gasteiger partial charge >= 0.3 is 0 Å². The fraction of sp³-hybridized carbons (Fsp3) is 0.207. The van der Waals surface area contributed by atoms with Crippen molar-refractivity contribution in [2.75, 3.05) is 0 Å². The van der Waals surface area contributed by atoms with Crippen LogP contribution in [0.3, 0.4) is 0 Å². The molecule has 0 aliphatic heterocycles. The van der Waals surface area contributed by atoms with Crippen LogP contribution in [0, 0.1) is 0 Å². The van der Waals surface area contributed by atoms with E-state index in [-0.39, 0.29) is 0 Å². The van der Waals surface area contributed by atoms with Gasteiger partial charge < -0.3 is 4.42 Å². The molecule has 2 heterocycles. The number of furan rings is 1. The van der Waals surface area contributed by atoms with Crippen molar-refractivity contribution in [2.45, 2.75) is 39.4 Å². The minimum absolute atomic E-state index is 0.457. The summed E-state index contributed by atoms with van der Waals surface area (Å²) in [7, 11) is -1.72. The summed E-state index contributed by atoms with van der Waals surface area (Å²) in [6, 6.07) is 25.9. The molecule has 0 spiro atoms. The van der Waals surface area contributed by atoms with Crippen molar-refractivity contribution < 1.29 is 4.42 Å². The molecule has 2 nitrogen and oxygen atoms in total. The Morgan fingerprint density at radius 3 is 2.22 bits per heavy atom. The van der Waals surface area contributed by atoms with E-state index in [9.17, 15) is 0 Å². The fourth-order valence-electron chi connectivity index (χ4n) is 4.62.